The maximum atomic E-state index is 14.2. The average Bonchev–Trinajstić information content (AvgIpc) is 3.34. The second-order valence-corrected chi connectivity index (χ2v) is 12.1. The van der Waals surface area contributed by atoms with Crippen LogP contribution in [0.4, 0.5) is 3.89 Å². The Morgan fingerprint density at radius 1 is 1.12 bits per heavy atom. The van der Waals surface area contributed by atoms with Crippen LogP contribution >= 0.6 is 0 Å². The van der Waals surface area contributed by atoms with E-state index >= 15 is 0 Å². The molecule has 0 spiro atoms. The highest BCUT2D eigenvalue weighted by Gasteiger charge is 2.25. The number of nitrogens with one attached hydrogen (secondary N) is 1. The van der Waals surface area contributed by atoms with Crippen LogP contribution in [0.3, 0.4) is 0 Å². The van der Waals surface area contributed by atoms with Crippen molar-refractivity contribution >= 4 is 43.3 Å². The van der Waals surface area contributed by atoms with Crippen molar-refractivity contribution in [2.24, 2.45) is 5.92 Å². The standard InChI is InChI=1S/C31H29FN4O5S/c1-18(2)17-40-28-13-25-27(12-24(28)20-11-22(16-34-15-20)41-42(32,38)39)36(21-6-4-3-5-7-21)31-29(30(25)37)23-9-8-19(14-33)10-26(23)35-31/h8-13,15-16,18,21,35H,3-7,17H2,1-2H3. The van der Waals surface area contributed by atoms with Crippen LogP contribution in [0.25, 0.3) is 44.0 Å². The summed E-state index contributed by atoms with van der Waals surface area (Å²) in [4.78, 5) is 21.7. The molecule has 5 aromatic rings. The smallest absolute Gasteiger partial charge is 0.488 e. The van der Waals surface area contributed by atoms with E-state index in [0.29, 0.717) is 56.5 Å². The first-order valence-corrected chi connectivity index (χ1v) is 15.2. The van der Waals surface area contributed by atoms with E-state index in [0.717, 1.165) is 43.7 Å². The zero-order chi connectivity index (χ0) is 29.6. The number of ether oxygens (including phenoxy) is 1. The lowest BCUT2D eigenvalue weighted by molar-refractivity contribution is 0.272. The maximum Gasteiger partial charge on any atom is 0.488 e. The van der Waals surface area contributed by atoms with Gasteiger partial charge in [0.2, 0.25) is 0 Å². The SMILES string of the molecule is CC(C)COc1cc2c(=O)c3c4ccc(C#N)cc4[nH]c3n(C3CCCCC3)c2cc1-c1cncc(OS(=O)(=O)F)c1. The fraction of sp³-hybridized carbons (Fsp3) is 0.323. The first-order valence-electron chi connectivity index (χ1n) is 13.9. The molecule has 42 heavy (non-hydrogen) atoms. The summed E-state index contributed by atoms with van der Waals surface area (Å²) in [6.07, 6.45) is 7.75. The Morgan fingerprint density at radius 2 is 1.90 bits per heavy atom. The lowest BCUT2D eigenvalue weighted by Crippen LogP contribution is -2.18. The number of rotatable bonds is 7. The summed E-state index contributed by atoms with van der Waals surface area (Å²) >= 11 is 0. The summed E-state index contributed by atoms with van der Waals surface area (Å²) in [5.74, 6) is 0.313. The number of benzene rings is 2. The number of nitrogens with zero attached hydrogens (tertiary/aromatic N) is 3. The third kappa shape index (κ3) is 5.18. The molecule has 1 aliphatic carbocycles. The van der Waals surface area contributed by atoms with Gasteiger partial charge in [-0.15, -0.1) is 0 Å². The van der Waals surface area contributed by atoms with Crippen molar-refractivity contribution in [1.82, 2.24) is 14.5 Å². The predicted octanol–water partition coefficient (Wildman–Crippen LogP) is 6.70. The zero-order valence-corrected chi connectivity index (χ0v) is 24.0. The largest absolute Gasteiger partial charge is 0.493 e. The summed E-state index contributed by atoms with van der Waals surface area (Å²) < 4.78 is 48.5. The summed E-state index contributed by atoms with van der Waals surface area (Å²) in [5, 5.41) is 11.2. The van der Waals surface area contributed by atoms with Crippen LogP contribution < -0.4 is 14.3 Å². The monoisotopic (exact) mass is 588 g/mol. The second kappa shape index (κ2) is 10.8. The lowest BCUT2D eigenvalue weighted by Gasteiger charge is -2.28. The Kier molecular flexibility index (Phi) is 7.10. The number of aromatic amines is 1. The number of H-pyrrole nitrogens is 1. The Balaban J connectivity index is 1.69. The normalized spacial score (nSPS) is 14.5. The van der Waals surface area contributed by atoms with Crippen molar-refractivity contribution in [3.63, 3.8) is 0 Å². The van der Waals surface area contributed by atoms with Crippen molar-refractivity contribution in [1.29, 1.82) is 5.26 Å². The van der Waals surface area contributed by atoms with Crippen LogP contribution in [0.15, 0.2) is 53.6 Å². The molecule has 6 rings (SSSR count). The van der Waals surface area contributed by atoms with Gasteiger partial charge in [0.15, 0.2) is 11.2 Å². The molecule has 216 valence electrons. The topological polar surface area (TPSA) is 127 Å². The van der Waals surface area contributed by atoms with Crippen LogP contribution in [-0.4, -0.2) is 29.6 Å². The Morgan fingerprint density at radius 3 is 2.62 bits per heavy atom. The first-order chi connectivity index (χ1) is 20.1. The molecular formula is C31H29FN4O5S. The van der Waals surface area contributed by atoms with E-state index in [-0.39, 0.29) is 23.1 Å². The van der Waals surface area contributed by atoms with E-state index in [4.69, 9.17) is 4.74 Å². The first kappa shape index (κ1) is 27.7. The van der Waals surface area contributed by atoms with E-state index in [1.54, 1.807) is 18.2 Å². The van der Waals surface area contributed by atoms with Crippen molar-refractivity contribution in [2.45, 2.75) is 52.0 Å². The number of halogens is 1. The van der Waals surface area contributed by atoms with Gasteiger partial charge in [-0.1, -0.05) is 43.1 Å². The molecule has 1 fully saturated rings. The highest BCUT2D eigenvalue weighted by atomic mass is 32.3. The van der Waals surface area contributed by atoms with Gasteiger partial charge in [0.1, 0.15) is 11.4 Å². The van der Waals surface area contributed by atoms with Gasteiger partial charge >= 0.3 is 10.5 Å². The number of fused-ring (bicyclic) bond motifs is 4. The van der Waals surface area contributed by atoms with E-state index in [1.165, 1.54) is 12.3 Å². The molecular weight excluding hydrogens is 559 g/mol. The summed E-state index contributed by atoms with van der Waals surface area (Å²) in [5.41, 5.74) is 3.40. The van der Waals surface area contributed by atoms with E-state index in [2.05, 4.69) is 24.8 Å². The molecule has 2 aromatic carbocycles. The van der Waals surface area contributed by atoms with Crippen LogP contribution in [0.1, 0.15) is 57.6 Å². The number of nitriles is 1. The summed E-state index contributed by atoms with van der Waals surface area (Å²) in [6, 6.07) is 12.5. The molecule has 0 radical (unpaired) electrons. The quantitative estimate of drug-likeness (QED) is 0.210. The number of hydrogen-bond donors (Lipinski definition) is 1. The predicted molar refractivity (Wildman–Crippen MR) is 159 cm³/mol. The summed E-state index contributed by atoms with van der Waals surface area (Å²) in [6.45, 7) is 4.37. The molecule has 9 nitrogen and oxygen atoms in total. The number of aromatic nitrogens is 3. The fourth-order valence-corrected chi connectivity index (χ4v) is 6.24. The Bertz CT molecular complexity index is 2050. The molecule has 11 heteroatoms. The third-order valence-electron chi connectivity index (χ3n) is 7.71. The number of hydrogen-bond acceptors (Lipinski definition) is 7. The molecule has 0 aliphatic heterocycles. The molecule has 3 aromatic heterocycles. The molecule has 0 saturated heterocycles. The molecule has 0 atom stereocenters. The molecule has 0 bridgehead atoms. The van der Waals surface area contributed by atoms with Crippen LogP contribution in [-0.2, 0) is 10.5 Å². The molecule has 0 unspecified atom stereocenters. The van der Waals surface area contributed by atoms with E-state index in [1.807, 2.05) is 26.0 Å². The summed E-state index contributed by atoms with van der Waals surface area (Å²) in [7, 11) is -5.25. The van der Waals surface area contributed by atoms with Gasteiger partial charge in [-0.05, 0) is 49.1 Å². The Hall–Kier alpha value is -4.43. The van der Waals surface area contributed by atoms with Crippen molar-refractivity contribution < 1.29 is 21.2 Å². The highest BCUT2D eigenvalue weighted by molar-refractivity contribution is 7.81. The second-order valence-electron chi connectivity index (χ2n) is 11.2. The fourth-order valence-electron chi connectivity index (χ4n) is 5.91. The third-order valence-corrected chi connectivity index (χ3v) is 8.10. The van der Waals surface area contributed by atoms with Gasteiger partial charge in [0.25, 0.3) is 0 Å². The Labute approximate surface area is 241 Å². The zero-order valence-electron chi connectivity index (χ0n) is 23.2. The molecule has 1 aliphatic rings. The number of pyridine rings is 2. The minimum atomic E-state index is -5.25. The molecule has 3 heterocycles. The van der Waals surface area contributed by atoms with Crippen LogP contribution in [0, 0.1) is 17.2 Å². The minimum absolute atomic E-state index is 0.118. The van der Waals surface area contributed by atoms with Gasteiger partial charge in [-0.2, -0.15) is 13.7 Å². The maximum absolute atomic E-state index is 14.2. The highest BCUT2D eigenvalue weighted by Crippen LogP contribution is 2.40. The van der Waals surface area contributed by atoms with Crippen molar-refractivity contribution in [2.75, 3.05) is 6.61 Å². The molecule has 0 amide bonds. The minimum Gasteiger partial charge on any atom is -0.493 e. The molecule has 1 N–H and O–H groups in total. The van der Waals surface area contributed by atoms with E-state index < -0.39 is 10.5 Å². The van der Waals surface area contributed by atoms with Crippen LogP contribution in [0.2, 0.25) is 0 Å². The van der Waals surface area contributed by atoms with Crippen LogP contribution in [0.5, 0.6) is 11.5 Å². The molecule has 1 saturated carbocycles. The van der Waals surface area contributed by atoms with Gasteiger partial charge < -0.3 is 18.5 Å². The average molecular weight is 589 g/mol. The van der Waals surface area contributed by atoms with Gasteiger partial charge in [-0.25, -0.2) is 0 Å². The van der Waals surface area contributed by atoms with Gasteiger partial charge in [0, 0.05) is 34.3 Å². The van der Waals surface area contributed by atoms with E-state index in [9.17, 15) is 22.4 Å². The van der Waals surface area contributed by atoms with Crippen molar-refractivity contribution in [3.05, 3.63) is 64.6 Å². The van der Waals surface area contributed by atoms with Crippen molar-refractivity contribution in [3.8, 4) is 28.7 Å². The van der Waals surface area contributed by atoms with Gasteiger partial charge in [-0.3, -0.25) is 9.78 Å². The lowest BCUT2D eigenvalue weighted by atomic mass is 9.94. The van der Waals surface area contributed by atoms with Gasteiger partial charge in [0.05, 0.1) is 40.7 Å².